The van der Waals surface area contributed by atoms with E-state index < -0.39 is 13.0 Å². The van der Waals surface area contributed by atoms with Crippen LogP contribution in [0.15, 0.2) is 4.81 Å². The topological polar surface area (TPSA) is 12.4 Å². The fraction of sp³-hybridized carbons (Fsp3) is 0. The summed E-state index contributed by atoms with van der Waals surface area (Å²) < 4.78 is 0. The van der Waals surface area contributed by atoms with Gasteiger partial charge in [-0.05, 0) is 0 Å². The Morgan fingerprint density at radius 2 is 1.78 bits per heavy atom. The van der Waals surface area contributed by atoms with Crippen LogP contribution < -0.4 is 0 Å². The van der Waals surface area contributed by atoms with Crippen LogP contribution in [0.5, 0.6) is 0 Å². The molecule has 0 saturated heterocycles. The molecule has 0 saturated carbocycles. The summed E-state index contributed by atoms with van der Waals surface area (Å²) in [5.41, 5.74) is 0. The zero-order valence-electron chi connectivity index (χ0n) is 5.07. The molecule has 1 nitrogen and oxygen atoms in total. The zero-order chi connectivity index (χ0) is 7.28. The molecule has 29 valence electrons. The molecule has 0 unspecified atom stereocenters. The van der Waals surface area contributed by atoms with E-state index in [0.29, 0.717) is 0 Å². The molecule has 0 rings (SSSR count). The van der Waals surface area contributed by atoms with Gasteiger partial charge in [-0.25, -0.2) is 0 Å². The Balaban J connectivity index is 3.43. The Morgan fingerprint density at radius 3 is 2.11 bits per heavy atom. The molecule has 0 aromatic heterocycles. The Bertz CT molecular complexity index is 84.6. The van der Waals surface area contributed by atoms with Gasteiger partial charge in [-0.2, -0.15) is 0 Å². The molecule has 9 heavy (non-hydrogen) atoms. The molecule has 9 heteroatoms. The second kappa shape index (κ2) is 5.13. The first-order chi connectivity index (χ1) is 4.16. The molecule has 0 aliphatic carbocycles. The van der Waals surface area contributed by atoms with Gasteiger partial charge in [-0.15, -0.1) is 0 Å². The van der Waals surface area contributed by atoms with E-state index in [9.17, 15) is 0 Å². The minimum atomic E-state index is -0.559. The number of hydrogen-bond donors (Lipinski definition) is 0. The summed E-state index contributed by atoms with van der Waals surface area (Å²) in [6.07, 6.45) is -0.559. The van der Waals surface area contributed by atoms with Gasteiger partial charge < -0.3 is 0 Å². The van der Waals surface area contributed by atoms with E-state index in [4.69, 9.17) is 30.9 Å². The number of hydrogen-bond acceptors (Lipinski definition) is 1. The first-order valence-electron chi connectivity index (χ1n) is 2.52. The average Bonchev–Trinajstić information content (AvgIpc) is 1.83. The Hall–Kier alpha value is 0.319. The summed E-state index contributed by atoms with van der Waals surface area (Å²) in [6.45, 7) is 0.841. The van der Waals surface area contributed by atoms with Crippen LogP contribution in [0.4, 0.5) is 0 Å². The molecule has 0 amide bonds. The Labute approximate surface area is 63.4 Å². The summed E-state index contributed by atoms with van der Waals surface area (Å²) in [6, 6.07) is 0. The first-order valence-corrected chi connectivity index (χ1v) is 2.52. The van der Waals surface area contributed by atoms with E-state index in [-0.39, 0.29) is 0 Å². The molecule has 0 spiro atoms. The third-order valence-electron chi connectivity index (χ3n) is 0.628. The second-order valence-corrected chi connectivity index (χ2v) is 1.56. The Morgan fingerprint density at radius 1 is 1.22 bits per heavy atom. The van der Waals surface area contributed by atoms with Crippen molar-refractivity contribution in [2.75, 3.05) is 0 Å². The molecule has 0 heterocycles. The summed E-state index contributed by atoms with van der Waals surface area (Å²) in [5.74, 6) is 0. The van der Waals surface area contributed by atoms with Crippen LogP contribution in [0.1, 0.15) is 0 Å². The van der Waals surface area contributed by atoms with Gasteiger partial charge in [0.05, 0.1) is 0 Å². The van der Waals surface area contributed by atoms with Crippen LogP contribution in [0.2, 0.25) is 0 Å². The van der Waals surface area contributed by atoms with E-state index in [2.05, 4.69) is 4.81 Å². The van der Waals surface area contributed by atoms with E-state index >= 15 is 0 Å². The molecular formula is B8N. The predicted molar refractivity (Wildman–Crippen MR) is 48.5 cm³/mol. The van der Waals surface area contributed by atoms with Crippen LogP contribution >= 0.6 is 0 Å². The van der Waals surface area contributed by atoms with Crippen molar-refractivity contribution >= 4 is 58.0 Å². The standard InChI is InChI=1S/B8N/c1-5-8(4)9-6-7(2)3. The van der Waals surface area contributed by atoms with Crippen LogP contribution in [0, 0.1) is 0 Å². The third kappa shape index (κ3) is 6.20. The molecule has 0 fully saturated rings. The maximum atomic E-state index is 5.23. The van der Waals surface area contributed by atoms with Gasteiger partial charge in [0.25, 0.3) is 0 Å². The van der Waals surface area contributed by atoms with E-state index in [1.165, 1.54) is 14.0 Å². The predicted octanol–water partition coefficient (Wildman–Crippen LogP) is -2.86. The molecule has 0 atom stereocenters. The summed E-state index contributed by atoms with van der Waals surface area (Å²) >= 11 is 0. The second-order valence-electron chi connectivity index (χ2n) is 1.56. The van der Waals surface area contributed by atoms with E-state index in [1.54, 1.807) is 0 Å². The van der Waals surface area contributed by atoms with Crippen molar-refractivity contribution in [3.8, 4) is 0 Å². The van der Waals surface area contributed by atoms with E-state index in [1.807, 2.05) is 0 Å². The van der Waals surface area contributed by atoms with Gasteiger partial charge >= 0.3 is 62.8 Å². The zero-order valence-corrected chi connectivity index (χ0v) is 5.07. The quantitative estimate of drug-likeness (QED) is 0.338. The van der Waals surface area contributed by atoms with Crippen molar-refractivity contribution < 1.29 is 0 Å². The molecule has 0 aliphatic rings. The average molecular weight is 101 g/mol. The fourth-order valence-corrected chi connectivity index (χ4v) is 0.248. The van der Waals surface area contributed by atoms with E-state index in [0.717, 1.165) is 0 Å². The van der Waals surface area contributed by atoms with Crippen molar-refractivity contribution in [3.63, 3.8) is 0 Å². The van der Waals surface area contributed by atoms with Crippen LogP contribution in [-0.4, -0.2) is 58.0 Å². The molecule has 0 bridgehead atoms. The molecule has 0 aromatic rings. The van der Waals surface area contributed by atoms with Gasteiger partial charge in [0.15, 0.2) is 0 Å². The fourth-order valence-electron chi connectivity index (χ4n) is 0.248. The molecule has 9 radical (unpaired) electrons. The third-order valence-corrected chi connectivity index (χ3v) is 0.628. The molecule has 0 aromatic carbocycles. The van der Waals surface area contributed by atoms with Gasteiger partial charge in [-0.1, -0.05) is 0 Å². The molecule has 0 aliphatic heterocycles. The summed E-state index contributed by atoms with van der Waals surface area (Å²) in [5, 5.41) is 0. The number of rotatable bonds is 3. The monoisotopic (exact) mass is 102 g/mol. The normalized spacial score (nSPS) is 8.44. The van der Waals surface area contributed by atoms with Gasteiger partial charge in [0.1, 0.15) is 0 Å². The van der Waals surface area contributed by atoms with Crippen molar-refractivity contribution in [2.24, 2.45) is 4.81 Å². The number of nitrogens with zero attached hydrogens (tertiary/aromatic N) is 1. The SMILES string of the molecule is [B][B]B([B])N=BB([B])[B]. The van der Waals surface area contributed by atoms with Gasteiger partial charge in [0.2, 0.25) is 0 Å². The van der Waals surface area contributed by atoms with Crippen LogP contribution in [0.3, 0.4) is 0 Å². The molecular weight excluding hydrogens is 101 g/mol. The Kier molecular flexibility index (Phi) is 5.31. The maximum absolute atomic E-state index is 5.23. The van der Waals surface area contributed by atoms with Crippen molar-refractivity contribution in [2.45, 2.75) is 0 Å². The summed E-state index contributed by atoms with van der Waals surface area (Å²) in [4.78, 5) is 3.66. The minimum absolute atomic E-state index is 0.500. The van der Waals surface area contributed by atoms with Gasteiger partial charge in [0, 0.05) is 0 Å². The summed E-state index contributed by atoms with van der Waals surface area (Å²) in [7, 11) is 21.7. The van der Waals surface area contributed by atoms with Crippen molar-refractivity contribution in [1.82, 2.24) is 0 Å². The first kappa shape index (κ1) is 9.32. The van der Waals surface area contributed by atoms with Crippen LogP contribution in [0.25, 0.3) is 0 Å². The molecule has 0 N–H and O–H groups in total. The van der Waals surface area contributed by atoms with Gasteiger partial charge in [-0.3, -0.25) is 0 Å². The van der Waals surface area contributed by atoms with Crippen LogP contribution in [-0.2, 0) is 0 Å². The van der Waals surface area contributed by atoms with Crippen molar-refractivity contribution in [3.05, 3.63) is 0 Å². The van der Waals surface area contributed by atoms with Crippen molar-refractivity contribution in [1.29, 1.82) is 0 Å².